The topological polar surface area (TPSA) is 192 Å². The molecule has 0 unspecified atom stereocenters. The van der Waals surface area contributed by atoms with Gasteiger partial charge >= 0.3 is 11.9 Å². The number of likely N-dealkylation sites (N-methyl/N-ethyl adjacent to an activating group) is 2. The van der Waals surface area contributed by atoms with E-state index in [4.69, 9.17) is 37.9 Å². The Balaban J connectivity index is 1.66. The van der Waals surface area contributed by atoms with Gasteiger partial charge in [0.05, 0.1) is 49.1 Å². The number of hydrogen-bond acceptors (Lipinski definition) is 16. The van der Waals surface area contributed by atoms with Crippen LogP contribution in [0, 0.1) is 11.8 Å². The van der Waals surface area contributed by atoms with Crippen LogP contribution in [0.3, 0.4) is 0 Å². The number of nitrogens with zero attached hydrogens (tertiary/aromatic N) is 2. The van der Waals surface area contributed by atoms with Crippen LogP contribution >= 0.6 is 0 Å². The third-order valence-corrected chi connectivity index (χ3v) is 12.0. The van der Waals surface area contributed by atoms with Gasteiger partial charge in [0.2, 0.25) is 0 Å². The number of carbonyl (C=O) groups is 3. The zero-order chi connectivity index (χ0) is 43.6. The molecule has 0 aromatic rings. The number of cyclic esters (lactones) is 1. The number of aliphatic hydroxyl groups is 3. The van der Waals surface area contributed by atoms with Gasteiger partial charge in [-0.3, -0.25) is 9.59 Å². The molecule has 0 bridgehead atoms. The van der Waals surface area contributed by atoms with Gasteiger partial charge in [0.25, 0.3) is 0 Å². The molecule has 338 valence electrons. The molecule has 4 aliphatic rings. The Kier molecular flexibility index (Phi) is 18.9. The number of allylic oxidation sites excluding steroid dienone is 2. The van der Waals surface area contributed by atoms with E-state index in [2.05, 4.69) is 4.90 Å². The Morgan fingerprint density at radius 3 is 2.32 bits per heavy atom. The molecule has 59 heavy (non-hydrogen) atoms. The van der Waals surface area contributed by atoms with Crippen molar-refractivity contribution in [1.82, 2.24) is 9.80 Å². The van der Waals surface area contributed by atoms with Crippen molar-refractivity contribution in [3.05, 3.63) is 24.3 Å². The van der Waals surface area contributed by atoms with Gasteiger partial charge in [-0.15, -0.1) is 0 Å². The summed E-state index contributed by atoms with van der Waals surface area (Å²) in [7, 11) is 7.66. The lowest BCUT2D eigenvalue weighted by molar-refractivity contribution is -0.332. The fraction of sp³-hybridized carbons (Fsp3) is 0.837. The number of rotatable bonds is 11. The van der Waals surface area contributed by atoms with E-state index in [1.54, 1.807) is 32.8 Å². The summed E-state index contributed by atoms with van der Waals surface area (Å²) >= 11 is 0. The molecule has 0 radical (unpaired) electrons. The van der Waals surface area contributed by atoms with E-state index in [0.717, 1.165) is 12.7 Å². The van der Waals surface area contributed by atoms with Crippen molar-refractivity contribution < 1.29 is 67.6 Å². The van der Waals surface area contributed by atoms with Gasteiger partial charge in [-0.1, -0.05) is 31.2 Å². The lowest BCUT2D eigenvalue weighted by Gasteiger charge is -2.49. The Morgan fingerprint density at radius 1 is 0.966 bits per heavy atom. The average molecular weight is 841 g/mol. The van der Waals surface area contributed by atoms with Gasteiger partial charge in [-0.2, -0.15) is 0 Å². The first-order valence-electron chi connectivity index (χ1n) is 21.2. The second kappa shape index (κ2) is 22.7. The van der Waals surface area contributed by atoms with Crippen molar-refractivity contribution in [1.29, 1.82) is 0 Å². The van der Waals surface area contributed by atoms with Crippen LogP contribution in [0.4, 0.5) is 0 Å². The summed E-state index contributed by atoms with van der Waals surface area (Å²) in [6, 6.07) is -0.431. The van der Waals surface area contributed by atoms with E-state index in [9.17, 15) is 29.7 Å². The van der Waals surface area contributed by atoms with E-state index in [-0.39, 0.29) is 50.4 Å². The van der Waals surface area contributed by atoms with Crippen molar-refractivity contribution in [2.75, 3.05) is 34.8 Å². The third kappa shape index (κ3) is 14.4. The minimum atomic E-state index is -1.44. The summed E-state index contributed by atoms with van der Waals surface area (Å²) in [4.78, 5) is 42.1. The van der Waals surface area contributed by atoms with Crippen molar-refractivity contribution in [3.8, 4) is 0 Å². The van der Waals surface area contributed by atoms with Gasteiger partial charge < -0.3 is 67.8 Å². The zero-order valence-electron chi connectivity index (χ0n) is 36.7. The summed E-state index contributed by atoms with van der Waals surface area (Å²) in [5.74, 6) is -1.85. The van der Waals surface area contributed by atoms with Crippen molar-refractivity contribution in [3.63, 3.8) is 0 Å². The smallest absolute Gasteiger partial charge is 0.309 e. The van der Waals surface area contributed by atoms with E-state index >= 15 is 0 Å². The summed E-state index contributed by atoms with van der Waals surface area (Å²) in [5, 5.41) is 32.9. The van der Waals surface area contributed by atoms with E-state index in [1.165, 1.54) is 13.8 Å². The van der Waals surface area contributed by atoms with Crippen LogP contribution in [0.15, 0.2) is 24.3 Å². The van der Waals surface area contributed by atoms with Crippen molar-refractivity contribution in [2.45, 2.75) is 184 Å². The first-order chi connectivity index (χ1) is 27.8. The quantitative estimate of drug-likeness (QED) is 0.203. The van der Waals surface area contributed by atoms with Crippen molar-refractivity contribution >= 4 is 18.2 Å². The number of aliphatic hydroxyl groups excluding tert-OH is 2. The molecule has 0 aromatic heterocycles. The Labute approximate surface area is 350 Å². The van der Waals surface area contributed by atoms with Crippen LogP contribution < -0.4 is 0 Å². The Morgan fingerprint density at radius 2 is 1.69 bits per heavy atom. The molecule has 0 amide bonds. The van der Waals surface area contributed by atoms with E-state index in [1.807, 2.05) is 52.2 Å². The molecule has 3 fully saturated rings. The van der Waals surface area contributed by atoms with Crippen LogP contribution in [0.1, 0.15) is 92.9 Å². The maximum absolute atomic E-state index is 13.2. The highest BCUT2D eigenvalue weighted by atomic mass is 16.7. The van der Waals surface area contributed by atoms with Crippen LogP contribution in [0.5, 0.6) is 0 Å². The molecule has 3 N–H and O–H groups in total. The number of esters is 2. The van der Waals surface area contributed by atoms with Gasteiger partial charge in [0, 0.05) is 38.6 Å². The summed E-state index contributed by atoms with van der Waals surface area (Å²) in [5.41, 5.74) is -1.44. The minimum Gasteiger partial charge on any atom is -0.462 e. The molecule has 4 heterocycles. The average Bonchev–Trinajstić information content (AvgIpc) is 3.12. The molecule has 16 heteroatoms. The fourth-order valence-corrected chi connectivity index (χ4v) is 8.70. The molecule has 0 aliphatic carbocycles. The first-order valence-corrected chi connectivity index (χ1v) is 21.2. The molecule has 4 rings (SSSR count). The number of ether oxygens (including phenoxy) is 8. The molecular weight excluding hydrogens is 768 g/mol. The molecule has 4 aliphatic heterocycles. The standard InChI is InChI=1S/C43H72N2O14/c1-25-20-30(18-19-46)34(58-42-40(50)39(45(9)10)41(28(4)55-42)59-38-23-43(6,51)35(48)24-52-38)21-31(56-29(5)47)22-36(49)53-26(2)14-12-11-13-15-33(25)57-37-17-16-32(44(7)8)27(3)54-37/h11-13,15,19,25-28,30-35,37-42,48,50-51H,14,16-18,20-24H2,1-10H3/b12-11-,15-13-/t25-,26-,27-,28-,30+,31+,32+,33-,34-,35-,37+,38-,39-,40-,41-,42+,43+/m1/s1. The third-order valence-electron chi connectivity index (χ3n) is 12.0. The van der Waals surface area contributed by atoms with E-state index < -0.39 is 97.2 Å². The van der Waals surface area contributed by atoms with Crippen LogP contribution in [0.2, 0.25) is 0 Å². The summed E-state index contributed by atoms with van der Waals surface area (Å²) < 4.78 is 49.6. The molecular formula is C43H72N2O14. The highest BCUT2D eigenvalue weighted by Crippen LogP contribution is 2.36. The van der Waals surface area contributed by atoms with Crippen LogP contribution in [0.25, 0.3) is 0 Å². The molecule has 0 aromatic carbocycles. The maximum atomic E-state index is 13.2. The van der Waals surface area contributed by atoms with Crippen LogP contribution in [-0.4, -0.2) is 170 Å². The minimum absolute atomic E-state index is 0.00136. The van der Waals surface area contributed by atoms with Crippen molar-refractivity contribution in [2.24, 2.45) is 11.8 Å². The molecule has 0 saturated carbocycles. The summed E-state index contributed by atoms with van der Waals surface area (Å²) in [6.07, 6.45) is 1.60. The molecule has 16 nitrogen and oxygen atoms in total. The maximum Gasteiger partial charge on any atom is 0.309 e. The first kappa shape index (κ1) is 49.3. The lowest BCUT2D eigenvalue weighted by atomic mass is 9.83. The normalized spacial score (nSPS) is 43.1. The fourth-order valence-electron chi connectivity index (χ4n) is 8.70. The number of carbonyl (C=O) groups excluding carboxylic acids is 3. The highest BCUT2D eigenvalue weighted by molar-refractivity contribution is 5.71. The monoisotopic (exact) mass is 840 g/mol. The molecule has 0 spiro atoms. The second-order valence-electron chi connectivity index (χ2n) is 17.6. The summed E-state index contributed by atoms with van der Waals surface area (Å²) in [6.45, 7) is 10.3. The van der Waals surface area contributed by atoms with Gasteiger partial charge in [-0.05, 0) is 87.0 Å². The predicted octanol–water partition coefficient (Wildman–Crippen LogP) is 2.88. The van der Waals surface area contributed by atoms with Crippen LogP contribution in [-0.2, 0) is 52.3 Å². The number of hydrogen-bond donors (Lipinski definition) is 3. The Bertz CT molecular complexity index is 1390. The lowest BCUT2D eigenvalue weighted by Crippen LogP contribution is -2.65. The van der Waals surface area contributed by atoms with Gasteiger partial charge in [-0.25, -0.2) is 0 Å². The van der Waals surface area contributed by atoms with Gasteiger partial charge in [0.15, 0.2) is 18.9 Å². The molecule has 3 saturated heterocycles. The zero-order valence-corrected chi connectivity index (χ0v) is 36.7. The largest absolute Gasteiger partial charge is 0.462 e. The molecule has 17 atom stereocenters. The SMILES string of the molecule is CC(=O)O[C@@H]1CC(=O)O[C@H](C)C/C=C\C=C/[C@@H](O[C@H]2CC[C@H](N(C)C)[C@@H](C)O2)[C@H](C)C[C@H](CC=O)[C@H](O[C@@H]2O[C@H](C)[C@@H](O[C@@H]3C[C@](C)(O)[C@H](O)CO3)[C@H](N(C)C)[C@H]2O)C1. The highest BCUT2D eigenvalue weighted by Gasteiger charge is 2.50. The Hall–Kier alpha value is -2.35. The van der Waals surface area contributed by atoms with E-state index in [0.29, 0.717) is 19.3 Å². The predicted molar refractivity (Wildman–Crippen MR) is 216 cm³/mol. The van der Waals surface area contributed by atoms with Gasteiger partial charge in [0.1, 0.15) is 36.8 Å². The second-order valence-corrected chi connectivity index (χ2v) is 17.6. The number of aldehydes is 1.